The van der Waals surface area contributed by atoms with Gasteiger partial charge in [0.25, 0.3) is 0 Å². The molecule has 5 heteroatoms. The quantitative estimate of drug-likeness (QED) is 0.900. The van der Waals surface area contributed by atoms with E-state index < -0.39 is 0 Å². The van der Waals surface area contributed by atoms with Gasteiger partial charge >= 0.3 is 6.03 Å². The van der Waals surface area contributed by atoms with Crippen LogP contribution < -0.4 is 5.32 Å². The number of nitrogens with zero attached hydrogens (tertiary/aromatic N) is 1. The number of benzene rings is 1. The van der Waals surface area contributed by atoms with E-state index in [4.69, 9.17) is 0 Å². The molecule has 0 aromatic heterocycles. The number of aryl methyl sites for hydroxylation is 1. The number of hydrogen-bond donors (Lipinski definition) is 2. The summed E-state index contributed by atoms with van der Waals surface area (Å²) < 4.78 is 0. The molecule has 1 aromatic carbocycles. The van der Waals surface area contributed by atoms with Crippen LogP contribution in [0, 0.1) is 0 Å². The monoisotopic (exact) mass is 306 g/mol. The van der Waals surface area contributed by atoms with Gasteiger partial charge in [-0.2, -0.15) is 11.8 Å². The molecule has 2 N–H and O–H groups in total. The Kier molecular flexibility index (Phi) is 4.70. The molecule has 0 saturated carbocycles. The second-order valence-electron chi connectivity index (χ2n) is 5.67. The molecule has 21 heavy (non-hydrogen) atoms. The number of nitrogens with one attached hydrogen (secondary N) is 1. The van der Waals surface area contributed by atoms with Crippen molar-refractivity contribution in [2.75, 3.05) is 25.4 Å². The fourth-order valence-electron chi connectivity index (χ4n) is 3.22. The summed E-state index contributed by atoms with van der Waals surface area (Å²) in [5.41, 5.74) is 2.76. The minimum atomic E-state index is -0.0322. The van der Waals surface area contributed by atoms with Crippen LogP contribution in [0.15, 0.2) is 24.3 Å². The third kappa shape index (κ3) is 3.19. The first-order valence-electron chi connectivity index (χ1n) is 7.64. The number of rotatable bonds is 3. The van der Waals surface area contributed by atoms with Crippen molar-refractivity contribution in [3.8, 4) is 0 Å². The minimum absolute atomic E-state index is 0.00343. The molecule has 4 nitrogen and oxygen atoms in total. The zero-order valence-corrected chi connectivity index (χ0v) is 12.9. The molecule has 1 saturated heterocycles. The molecule has 3 rings (SSSR count). The Bertz CT molecular complexity index is 509. The van der Waals surface area contributed by atoms with Crippen LogP contribution in [-0.4, -0.2) is 47.5 Å². The van der Waals surface area contributed by atoms with Gasteiger partial charge in [-0.3, -0.25) is 0 Å². The van der Waals surface area contributed by atoms with Gasteiger partial charge in [0.1, 0.15) is 0 Å². The molecule has 1 fully saturated rings. The van der Waals surface area contributed by atoms with E-state index in [1.165, 1.54) is 11.1 Å². The van der Waals surface area contributed by atoms with Gasteiger partial charge in [0.2, 0.25) is 0 Å². The smallest absolute Gasteiger partial charge is 0.317 e. The van der Waals surface area contributed by atoms with Crippen molar-refractivity contribution in [3.05, 3.63) is 35.4 Å². The molecule has 2 aliphatic rings. The first-order chi connectivity index (χ1) is 10.3. The normalized spacial score (nSPS) is 24.7. The largest absolute Gasteiger partial charge is 0.394 e. The first kappa shape index (κ1) is 14.7. The Labute approximate surface area is 129 Å². The maximum atomic E-state index is 12.3. The van der Waals surface area contributed by atoms with Gasteiger partial charge < -0.3 is 15.3 Å². The van der Waals surface area contributed by atoms with Crippen LogP contribution in [0.4, 0.5) is 4.79 Å². The lowest BCUT2D eigenvalue weighted by molar-refractivity contribution is 0.157. The highest BCUT2D eigenvalue weighted by atomic mass is 32.2. The molecule has 114 valence electrons. The lowest BCUT2D eigenvalue weighted by Crippen LogP contribution is -2.45. The summed E-state index contributed by atoms with van der Waals surface area (Å²) in [5, 5.41) is 12.7. The maximum Gasteiger partial charge on any atom is 0.317 e. The molecule has 0 aliphatic carbocycles. The number of carbonyl (C=O) groups excluding carboxylic acids is 1. The molecular formula is C16H22N2O2S. The van der Waals surface area contributed by atoms with E-state index in [0.29, 0.717) is 11.8 Å². The van der Waals surface area contributed by atoms with Crippen LogP contribution in [0.5, 0.6) is 0 Å². The summed E-state index contributed by atoms with van der Waals surface area (Å²) in [5.74, 6) is 1.11. The van der Waals surface area contributed by atoms with Gasteiger partial charge in [-0.1, -0.05) is 24.3 Å². The third-order valence-electron chi connectivity index (χ3n) is 4.38. The highest BCUT2D eigenvalue weighted by Gasteiger charge is 2.29. The van der Waals surface area contributed by atoms with Crippen LogP contribution in [0.2, 0.25) is 0 Å². The zero-order chi connectivity index (χ0) is 14.7. The third-order valence-corrected chi connectivity index (χ3v) is 5.64. The van der Waals surface area contributed by atoms with Crippen LogP contribution in [0.25, 0.3) is 0 Å². The summed E-state index contributed by atoms with van der Waals surface area (Å²) in [6, 6.07) is 8.48. The average Bonchev–Trinajstić information content (AvgIpc) is 3.01. The van der Waals surface area contributed by atoms with Crippen LogP contribution in [0.1, 0.15) is 29.2 Å². The van der Waals surface area contributed by atoms with Crippen molar-refractivity contribution in [2.45, 2.75) is 30.6 Å². The van der Waals surface area contributed by atoms with E-state index in [2.05, 4.69) is 29.6 Å². The van der Waals surface area contributed by atoms with E-state index in [-0.39, 0.29) is 18.7 Å². The van der Waals surface area contributed by atoms with Crippen molar-refractivity contribution >= 4 is 17.8 Å². The summed E-state index contributed by atoms with van der Waals surface area (Å²) in [7, 11) is 0. The number of aliphatic hydroxyl groups is 1. The van der Waals surface area contributed by atoms with Crippen LogP contribution in [-0.2, 0) is 6.42 Å². The Balaban J connectivity index is 1.60. The van der Waals surface area contributed by atoms with E-state index in [1.807, 2.05) is 11.8 Å². The molecule has 2 aliphatic heterocycles. The lowest BCUT2D eigenvalue weighted by atomic mass is 10.0. The summed E-state index contributed by atoms with van der Waals surface area (Å²) in [6.07, 6.45) is 3.01. The Hall–Kier alpha value is -1.20. The number of fused-ring (bicyclic) bond motifs is 1. The van der Waals surface area contributed by atoms with Crippen LogP contribution in [0.3, 0.4) is 0 Å². The first-order valence-corrected chi connectivity index (χ1v) is 8.69. The molecule has 0 bridgehead atoms. The fraction of sp³-hybridized carbons (Fsp3) is 0.562. The van der Waals surface area contributed by atoms with Gasteiger partial charge in [0.15, 0.2) is 0 Å². The number of hydrogen-bond acceptors (Lipinski definition) is 3. The standard InChI is InChI=1S/C16H22N2O2S/c19-11-13-5-3-8-18(13)16(20)17-10-15-14-6-2-1-4-12(14)7-9-21-15/h1-2,4,6,13,15,19H,3,5,7-11H2,(H,17,20)/t13-,15+/m1/s1. The molecule has 2 amide bonds. The van der Waals surface area contributed by atoms with Crippen molar-refractivity contribution < 1.29 is 9.90 Å². The maximum absolute atomic E-state index is 12.3. The van der Waals surface area contributed by atoms with E-state index >= 15 is 0 Å². The predicted octanol–water partition coefficient (Wildman–Crippen LogP) is 2.18. The summed E-state index contributed by atoms with van der Waals surface area (Å²) >= 11 is 1.91. The fourth-order valence-corrected chi connectivity index (χ4v) is 4.45. The number of carbonyl (C=O) groups is 1. The second kappa shape index (κ2) is 6.71. The number of amides is 2. The van der Waals surface area contributed by atoms with Crippen molar-refractivity contribution in [1.82, 2.24) is 10.2 Å². The Morgan fingerprint density at radius 3 is 3.14 bits per heavy atom. The van der Waals surface area contributed by atoms with E-state index in [0.717, 1.165) is 31.6 Å². The summed E-state index contributed by atoms with van der Waals surface area (Å²) in [4.78, 5) is 14.0. The number of thioether (sulfide) groups is 1. The molecule has 2 atom stereocenters. The second-order valence-corrected chi connectivity index (χ2v) is 6.98. The van der Waals surface area contributed by atoms with Crippen molar-refractivity contribution in [3.63, 3.8) is 0 Å². The Morgan fingerprint density at radius 2 is 2.29 bits per heavy atom. The zero-order valence-electron chi connectivity index (χ0n) is 12.1. The molecule has 0 radical (unpaired) electrons. The lowest BCUT2D eigenvalue weighted by Gasteiger charge is -2.28. The van der Waals surface area contributed by atoms with Gasteiger partial charge in [-0.05, 0) is 36.1 Å². The molecule has 2 heterocycles. The van der Waals surface area contributed by atoms with Gasteiger partial charge in [0, 0.05) is 18.3 Å². The van der Waals surface area contributed by atoms with Gasteiger partial charge in [-0.25, -0.2) is 4.79 Å². The average molecular weight is 306 g/mol. The SMILES string of the molecule is O=C(NC[C@@H]1SCCc2ccccc21)N1CCC[C@@H]1CO. The number of likely N-dealkylation sites (tertiary alicyclic amines) is 1. The highest BCUT2D eigenvalue weighted by Crippen LogP contribution is 2.36. The predicted molar refractivity (Wildman–Crippen MR) is 85.6 cm³/mol. The van der Waals surface area contributed by atoms with Crippen molar-refractivity contribution in [1.29, 1.82) is 0 Å². The molecule has 0 spiro atoms. The van der Waals surface area contributed by atoms with Gasteiger partial charge in [0.05, 0.1) is 12.6 Å². The molecular weight excluding hydrogens is 284 g/mol. The topological polar surface area (TPSA) is 52.6 Å². The summed E-state index contributed by atoms with van der Waals surface area (Å²) in [6.45, 7) is 1.48. The Morgan fingerprint density at radius 1 is 1.43 bits per heavy atom. The van der Waals surface area contributed by atoms with Crippen molar-refractivity contribution in [2.24, 2.45) is 0 Å². The molecule has 1 aromatic rings. The minimum Gasteiger partial charge on any atom is -0.394 e. The number of urea groups is 1. The van der Waals surface area contributed by atoms with E-state index in [9.17, 15) is 9.90 Å². The van der Waals surface area contributed by atoms with Crippen LogP contribution >= 0.6 is 11.8 Å². The molecule has 0 unspecified atom stereocenters. The van der Waals surface area contributed by atoms with E-state index in [1.54, 1.807) is 4.90 Å². The number of aliphatic hydroxyl groups excluding tert-OH is 1. The van der Waals surface area contributed by atoms with Gasteiger partial charge in [-0.15, -0.1) is 0 Å². The highest BCUT2D eigenvalue weighted by molar-refractivity contribution is 7.99.